The van der Waals surface area contributed by atoms with Crippen molar-refractivity contribution in [3.8, 4) is 5.75 Å². The molecule has 0 saturated carbocycles. The van der Waals surface area contributed by atoms with Crippen molar-refractivity contribution in [1.82, 2.24) is 14.9 Å². The first-order valence-electron chi connectivity index (χ1n) is 16.2. The van der Waals surface area contributed by atoms with E-state index in [1.807, 2.05) is 63.1 Å². The highest BCUT2D eigenvalue weighted by atomic mass is 35.5. The van der Waals surface area contributed by atoms with E-state index in [9.17, 15) is 9.59 Å². The molecule has 45 heavy (non-hydrogen) atoms. The molecule has 2 aliphatic heterocycles. The summed E-state index contributed by atoms with van der Waals surface area (Å²) in [7, 11) is 1.93. The monoisotopic (exact) mass is 656 g/mol. The van der Waals surface area contributed by atoms with E-state index in [4.69, 9.17) is 21.1 Å². The average Bonchev–Trinajstić information content (AvgIpc) is 3.19. The molecular weight excluding hydrogens is 608 g/mol. The summed E-state index contributed by atoms with van der Waals surface area (Å²) in [6.07, 6.45) is 6.80. The molecule has 2 N–H and O–H groups in total. The number of nitrogens with zero attached hydrogens (tertiary/aromatic N) is 2. The molecule has 3 unspecified atom stereocenters. The molecule has 2 bridgehead atoms. The smallest absolute Gasteiger partial charge is 0.407 e. The maximum absolute atomic E-state index is 13.4. The van der Waals surface area contributed by atoms with Gasteiger partial charge in [-0.25, -0.2) is 4.79 Å². The van der Waals surface area contributed by atoms with Crippen molar-refractivity contribution in [3.63, 3.8) is 0 Å². The van der Waals surface area contributed by atoms with E-state index >= 15 is 0 Å². The van der Waals surface area contributed by atoms with Crippen molar-refractivity contribution in [2.75, 3.05) is 44.7 Å². The van der Waals surface area contributed by atoms with E-state index in [-0.39, 0.29) is 17.7 Å². The Hall–Kier alpha value is -2.88. The molecule has 0 aliphatic carbocycles. The van der Waals surface area contributed by atoms with Crippen molar-refractivity contribution in [1.29, 1.82) is 0 Å². The number of benzene rings is 2. The van der Waals surface area contributed by atoms with E-state index in [0.29, 0.717) is 19.7 Å². The summed E-state index contributed by atoms with van der Waals surface area (Å²) in [6.45, 7) is 13.1. The third kappa shape index (κ3) is 8.89. The van der Waals surface area contributed by atoms with Crippen LogP contribution in [-0.2, 0) is 16.0 Å². The standard InChI is InChI=1S/C35H49ClN4O4S/c1-7-11-25-20-27(36)13-15-29(25)26-22-40-19-17-24(8-2)31(44-34(42)37-9-3)12-10-18-39(6)35(4,5)33(41)38-45-28-14-16-32(43-23-26)30(40)21-28/h10,12-16,20-21,24,26,31H,7-9,11,17-19,22-23H2,1-6H3,(H,37,42)(H,38,41)/b12-10+. The fourth-order valence-corrected chi connectivity index (χ4v) is 6.87. The lowest BCUT2D eigenvalue weighted by Gasteiger charge is -2.34. The summed E-state index contributed by atoms with van der Waals surface area (Å²) in [6, 6.07) is 12.3. The van der Waals surface area contributed by atoms with Gasteiger partial charge in [0, 0.05) is 47.9 Å². The SMILES string of the molecule is CCCc1cc(Cl)ccc1C1COc2ccc3cc2N(CCC(CC)C(OC(=O)NCC)/C=C/CN(C)C(C)(C)C(=O)NS3)C1. The highest BCUT2D eigenvalue weighted by Gasteiger charge is 2.33. The molecule has 246 valence electrons. The number of ether oxygens (including phenoxy) is 2. The zero-order valence-corrected chi connectivity index (χ0v) is 29.1. The van der Waals surface area contributed by atoms with Crippen molar-refractivity contribution in [3.05, 3.63) is 64.7 Å². The lowest BCUT2D eigenvalue weighted by molar-refractivity contribution is -0.128. The van der Waals surface area contributed by atoms with Crippen LogP contribution in [0.2, 0.25) is 5.02 Å². The highest BCUT2D eigenvalue weighted by molar-refractivity contribution is 7.98. The van der Waals surface area contributed by atoms with Crippen molar-refractivity contribution in [2.24, 2.45) is 5.92 Å². The van der Waals surface area contributed by atoms with Gasteiger partial charge in [-0.3, -0.25) is 14.4 Å². The molecule has 0 fully saturated rings. The Morgan fingerprint density at radius 1 is 1.20 bits per heavy atom. The molecule has 2 aromatic rings. The van der Waals surface area contributed by atoms with Crippen LogP contribution in [0.3, 0.4) is 0 Å². The predicted octanol–water partition coefficient (Wildman–Crippen LogP) is 7.21. The number of halogens is 1. The number of likely N-dealkylation sites (N-methyl/N-ethyl adjacent to an activating group) is 1. The second-order valence-electron chi connectivity index (χ2n) is 12.4. The fourth-order valence-electron chi connectivity index (χ4n) is 5.91. The molecule has 10 heteroatoms. The quantitative estimate of drug-likeness (QED) is 0.251. The topological polar surface area (TPSA) is 83.1 Å². The third-order valence-corrected chi connectivity index (χ3v) is 10.0. The minimum absolute atomic E-state index is 0.0909. The Balaban J connectivity index is 1.73. The maximum Gasteiger partial charge on any atom is 0.407 e. The predicted molar refractivity (Wildman–Crippen MR) is 185 cm³/mol. The Labute approximate surface area is 278 Å². The second kappa shape index (κ2) is 16.1. The lowest BCUT2D eigenvalue weighted by atomic mass is 9.91. The van der Waals surface area contributed by atoms with Gasteiger partial charge in [0.15, 0.2) is 0 Å². The van der Waals surface area contributed by atoms with Crippen LogP contribution in [0.1, 0.15) is 70.9 Å². The molecule has 2 amide bonds. The molecule has 2 aromatic carbocycles. The first-order chi connectivity index (χ1) is 21.6. The molecule has 2 heterocycles. The maximum atomic E-state index is 13.4. The summed E-state index contributed by atoms with van der Waals surface area (Å²) in [5, 5.41) is 3.53. The Morgan fingerprint density at radius 2 is 2.00 bits per heavy atom. The number of fused-ring (bicyclic) bond motifs is 1. The number of carbonyl (C=O) groups is 2. The van der Waals surface area contributed by atoms with Crippen LogP contribution in [0.25, 0.3) is 0 Å². The van der Waals surface area contributed by atoms with E-state index in [0.717, 1.165) is 60.1 Å². The van der Waals surface area contributed by atoms with Crippen LogP contribution in [0.4, 0.5) is 10.5 Å². The molecule has 0 spiro atoms. The number of carbonyl (C=O) groups excluding carboxylic acids is 2. The fraction of sp³-hybridized carbons (Fsp3) is 0.543. The minimum Gasteiger partial charge on any atom is -0.491 e. The summed E-state index contributed by atoms with van der Waals surface area (Å²) in [5.41, 5.74) is 2.76. The first-order valence-corrected chi connectivity index (χ1v) is 17.4. The number of amides is 2. The number of anilines is 1. The molecule has 8 nitrogen and oxygen atoms in total. The van der Waals surface area contributed by atoms with Gasteiger partial charge in [-0.1, -0.05) is 44.0 Å². The largest absolute Gasteiger partial charge is 0.491 e. The van der Waals surface area contributed by atoms with E-state index < -0.39 is 17.7 Å². The molecule has 0 aromatic heterocycles. The van der Waals surface area contributed by atoms with Gasteiger partial charge >= 0.3 is 6.09 Å². The zero-order chi connectivity index (χ0) is 32.6. The van der Waals surface area contributed by atoms with Gasteiger partial charge in [0.1, 0.15) is 11.9 Å². The molecule has 0 saturated heterocycles. The summed E-state index contributed by atoms with van der Waals surface area (Å²) in [4.78, 5) is 31.3. The molecule has 4 rings (SSSR count). The van der Waals surface area contributed by atoms with Crippen molar-refractivity contribution < 1.29 is 19.1 Å². The van der Waals surface area contributed by atoms with Crippen LogP contribution in [0.15, 0.2) is 53.4 Å². The van der Waals surface area contributed by atoms with Gasteiger partial charge in [-0.05, 0) is 107 Å². The number of hydrogen-bond donors (Lipinski definition) is 2. The van der Waals surface area contributed by atoms with Crippen LogP contribution in [0.5, 0.6) is 5.75 Å². The number of hydrogen-bond acceptors (Lipinski definition) is 7. The minimum atomic E-state index is -0.767. The van der Waals surface area contributed by atoms with Gasteiger partial charge in [-0.2, -0.15) is 0 Å². The van der Waals surface area contributed by atoms with Crippen molar-refractivity contribution >= 4 is 41.2 Å². The number of nitrogens with one attached hydrogen (secondary N) is 2. The second-order valence-corrected chi connectivity index (χ2v) is 13.8. The average molecular weight is 657 g/mol. The van der Waals surface area contributed by atoms with E-state index in [1.165, 1.54) is 23.1 Å². The van der Waals surface area contributed by atoms with Gasteiger partial charge in [0.05, 0.1) is 17.8 Å². The van der Waals surface area contributed by atoms with Crippen LogP contribution >= 0.6 is 23.5 Å². The van der Waals surface area contributed by atoms with Crippen molar-refractivity contribution in [2.45, 2.75) is 82.8 Å². The van der Waals surface area contributed by atoms with E-state index in [1.54, 1.807) is 0 Å². The van der Waals surface area contributed by atoms with Crippen LogP contribution in [0, 0.1) is 5.92 Å². The highest BCUT2D eigenvalue weighted by Crippen LogP contribution is 2.39. The van der Waals surface area contributed by atoms with Crippen LogP contribution in [-0.4, -0.2) is 68.4 Å². The van der Waals surface area contributed by atoms with Gasteiger partial charge < -0.3 is 19.7 Å². The van der Waals surface area contributed by atoms with Gasteiger partial charge in [-0.15, -0.1) is 0 Å². The number of rotatable bonds is 6. The molecule has 0 radical (unpaired) electrons. The Morgan fingerprint density at radius 3 is 2.73 bits per heavy atom. The number of aryl methyl sites for hydroxylation is 1. The zero-order valence-electron chi connectivity index (χ0n) is 27.5. The summed E-state index contributed by atoms with van der Waals surface area (Å²) in [5.74, 6) is 0.958. The molecule has 3 atom stereocenters. The summed E-state index contributed by atoms with van der Waals surface area (Å²) >= 11 is 7.75. The Bertz CT molecular complexity index is 1350. The Kier molecular flexibility index (Phi) is 12.5. The lowest BCUT2D eigenvalue weighted by Crippen LogP contribution is -2.52. The molecule has 2 aliphatic rings. The van der Waals surface area contributed by atoms with E-state index in [2.05, 4.69) is 47.0 Å². The number of alkyl carbamates (subject to hydrolysis) is 1. The van der Waals surface area contributed by atoms with Gasteiger partial charge in [0.2, 0.25) is 5.91 Å². The molecular formula is C35H49ClN4O4S. The van der Waals surface area contributed by atoms with Gasteiger partial charge in [0.25, 0.3) is 0 Å². The summed E-state index contributed by atoms with van der Waals surface area (Å²) < 4.78 is 15.5. The first kappa shape index (κ1) is 35.0. The third-order valence-electron chi connectivity index (χ3n) is 9.02. The normalized spacial score (nSPS) is 23.3. The van der Waals surface area contributed by atoms with Crippen LogP contribution < -0.4 is 19.7 Å².